The molecule has 1 heterocycles. The number of nitrogens with one attached hydrogen (secondary N) is 1. The summed E-state index contributed by atoms with van der Waals surface area (Å²) < 4.78 is 1.36. The zero-order valence-corrected chi connectivity index (χ0v) is 11.5. The molecule has 0 saturated heterocycles. The number of nitrogens with two attached hydrogens (primary N) is 1. The third-order valence-electron chi connectivity index (χ3n) is 4.31. The summed E-state index contributed by atoms with van der Waals surface area (Å²) in [5, 5.41) is 2.98. The molecule has 108 valence electrons. The van der Waals surface area contributed by atoms with E-state index in [1.165, 1.54) is 42.5 Å². The molecule has 3 rings (SSSR count). The molecule has 5 heteroatoms. The Morgan fingerprint density at radius 2 is 1.95 bits per heavy atom. The molecule has 2 aliphatic carbocycles. The Hall–Kier alpha value is -1.78. The fourth-order valence-electron chi connectivity index (χ4n) is 2.88. The van der Waals surface area contributed by atoms with Gasteiger partial charge in [-0.15, -0.1) is 0 Å². The molecule has 1 amide bonds. The van der Waals surface area contributed by atoms with E-state index in [2.05, 4.69) is 5.32 Å². The molecule has 20 heavy (non-hydrogen) atoms. The van der Waals surface area contributed by atoms with E-state index in [0.717, 1.165) is 18.4 Å². The van der Waals surface area contributed by atoms with Crippen molar-refractivity contribution in [2.24, 2.45) is 17.8 Å². The maximum Gasteiger partial charge on any atom is 0.251 e. The van der Waals surface area contributed by atoms with Gasteiger partial charge in [0.1, 0.15) is 6.54 Å². The highest BCUT2D eigenvalue weighted by atomic mass is 16.2. The second kappa shape index (κ2) is 5.31. The van der Waals surface area contributed by atoms with Crippen LogP contribution in [0.15, 0.2) is 23.1 Å². The van der Waals surface area contributed by atoms with Crippen LogP contribution >= 0.6 is 0 Å². The van der Waals surface area contributed by atoms with Gasteiger partial charge in [0.25, 0.3) is 5.56 Å². The van der Waals surface area contributed by atoms with E-state index >= 15 is 0 Å². The predicted octanol–water partition coefficient (Wildman–Crippen LogP) is 0.983. The summed E-state index contributed by atoms with van der Waals surface area (Å²) in [6.45, 7) is 0.803. The van der Waals surface area contributed by atoms with Crippen molar-refractivity contribution in [3.8, 4) is 0 Å². The minimum Gasteiger partial charge on any atom is -0.398 e. The third-order valence-corrected chi connectivity index (χ3v) is 4.31. The van der Waals surface area contributed by atoms with E-state index in [1.54, 1.807) is 6.07 Å². The molecule has 0 radical (unpaired) electrons. The molecule has 1 aromatic heterocycles. The molecule has 0 bridgehead atoms. The van der Waals surface area contributed by atoms with Crippen LogP contribution in [0.2, 0.25) is 0 Å². The molecule has 5 nitrogen and oxygen atoms in total. The molecule has 0 atom stereocenters. The first kappa shape index (κ1) is 13.2. The highest BCUT2D eigenvalue weighted by molar-refractivity contribution is 5.75. The van der Waals surface area contributed by atoms with Gasteiger partial charge < -0.3 is 15.6 Å². The zero-order chi connectivity index (χ0) is 14.1. The first-order chi connectivity index (χ1) is 9.63. The molecule has 1 aromatic rings. The maximum atomic E-state index is 12.0. The van der Waals surface area contributed by atoms with E-state index in [1.807, 2.05) is 0 Å². The standard InChI is InChI=1S/C15H21N3O2/c16-12-5-6-15(20)18(8-12)9-14(19)17-7-13(10-1-2-10)11-3-4-11/h5-6,8,10-11,13H,1-4,7,9,16H2,(H,17,19). The highest BCUT2D eigenvalue weighted by Crippen LogP contribution is 2.48. The average molecular weight is 275 g/mol. The molecule has 0 aromatic carbocycles. The normalized spacial score (nSPS) is 18.2. The molecule has 2 aliphatic rings. The topological polar surface area (TPSA) is 77.1 Å². The molecule has 2 fully saturated rings. The van der Waals surface area contributed by atoms with Crippen LogP contribution in [0.3, 0.4) is 0 Å². The van der Waals surface area contributed by atoms with Gasteiger partial charge in [-0.1, -0.05) is 0 Å². The monoisotopic (exact) mass is 275 g/mol. The van der Waals surface area contributed by atoms with Crippen molar-refractivity contribution in [2.75, 3.05) is 12.3 Å². The predicted molar refractivity (Wildman–Crippen MR) is 77.1 cm³/mol. The Labute approximate surface area is 118 Å². The molecular weight excluding hydrogens is 254 g/mol. The minimum atomic E-state index is -0.199. The van der Waals surface area contributed by atoms with Crippen LogP contribution in [0.25, 0.3) is 0 Å². The van der Waals surface area contributed by atoms with Gasteiger partial charge >= 0.3 is 0 Å². The summed E-state index contributed by atoms with van der Waals surface area (Å²) in [7, 11) is 0. The zero-order valence-electron chi connectivity index (χ0n) is 11.5. The largest absolute Gasteiger partial charge is 0.398 e. The van der Waals surface area contributed by atoms with Crippen LogP contribution in [0.5, 0.6) is 0 Å². The fraction of sp³-hybridized carbons (Fsp3) is 0.600. The summed E-state index contributed by atoms with van der Waals surface area (Å²) in [6.07, 6.45) is 6.76. The average Bonchev–Trinajstić information content (AvgIpc) is 3.25. The molecule has 3 N–H and O–H groups in total. The van der Waals surface area contributed by atoms with E-state index in [4.69, 9.17) is 5.73 Å². The van der Waals surface area contributed by atoms with Crippen molar-refractivity contribution < 1.29 is 4.79 Å². The number of rotatable bonds is 6. The number of anilines is 1. The van der Waals surface area contributed by atoms with Gasteiger partial charge in [-0.2, -0.15) is 0 Å². The van der Waals surface area contributed by atoms with E-state index < -0.39 is 0 Å². The van der Waals surface area contributed by atoms with Crippen LogP contribution < -0.4 is 16.6 Å². The van der Waals surface area contributed by atoms with Crippen molar-refractivity contribution >= 4 is 11.6 Å². The van der Waals surface area contributed by atoms with E-state index in [0.29, 0.717) is 11.6 Å². The Balaban J connectivity index is 1.54. The van der Waals surface area contributed by atoms with Crippen molar-refractivity contribution in [1.29, 1.82) is 0 Å². The number of hydrogen-bond donors (Lipinski definition) is 2. The molecule has 0 unspecified atom stereocenters. The second-order valence-corrected chi connectivity index (χ2v) is 6.07. The SMILES string of the molecule is Nc1ccc(=O)n(CC(=O)NCC(C2CC2)C2CC2)c1. The van der Waals surface area contributed by atoms with Gasteiger partial charge in [0.2, 0.25) is 5.91 Å². The quantitative estimate of drug-likeness (QED) is 0.812. The number of nitrogen functional groups attached to an aromatic ring is 1. The Kier molecular flexibility index (Phi) is 3.51. The first-order valence-corrected chi connectivity index (χ1v) is 7.36. The van der Waals surface area contributed by atoms with Gasteiger partial charge in [0.05, 0.1) is 0 Å². The summed E-state index contributed by atoms with van der Waals surface area (Å²) in [5.41, 5.74) is 5.92. The maximum absolute atomic E-state index is 12.0. The summed E-state index contributed by atoms with van der Waals surface area (Å²) in [4.78, 5) is 23.6. The van der Waals surface area contributed by atoms with E-state index in [9.17, 15) is 9.59 Å². The van der Waals surface area contributed by atoms with Crippen LogP contribution in [-0.4, -0.2) is 17.0 Å². The minimum absolute atomic E-state index is 0.0475. The second-order valence-electron chi connectivity index (χ2n) is 6.07. The summed E-state index contributed by atoms with van der Waals surface area (Å²) in [6, 6.07) is 2.94. The fourth-order valence-corrected chi connectivity index (χ4v) is 2.88. The van der Waals surface area contributed by atoms with Crippen LogP contribution in [-0.2, 0) is 11.3 Å². The Morgan fingerprint density at radius 3 is 2.55 bits per heavy atom. The number of carbonyl (C=O) groups is 1. The lowest BCUT2D eigenvalue weighted by atomic mass is 9.98. The lowest BCUT2D eigenvalue weighted by Crippen LogP contribution is -2.35. The molecule has 0 spiro atoms. The van der Waals surface area contributed by atoms with Gasteiger partial charge in [-0.05, 0) is 49.5 Å². The van der Waals surface area contributed by atoms with Crippen LogP contribution in [0.4, 0.5) is 5.69 Å². The van der Waals surface area contributed by atoms with Crippen molar-refractivity contribution in [3.63, 3.8) is 0 Å². The number of nitrogens with zero attached hydrogens (tertiary/aromatic N) is 1. The van der Waals surface area contributed by atoms with Gasteiger partial charge in [0.15, 0.2) is 0 Å². The molecule has 0 aliphatic heterocycles. The van der Waals surface area contributed by atoms with Crippen molar-refractivity contribution in [2.45, 2.75) is 32.2 Å². The Morgan fingerprint density at radius 1 is 1.30 bits per heavy atom. The Bertz CT molecular complexity index is 546. The van der Waals surface area contributed by atoms with E-state index in [-0.39, 0.29) is 18.0 Å². The third kappa shape index (κ3) is 3.21. The number of hydrogen-bond acceptors (Lipinski definition) is 3. The lowest BCUT2D eigenvalue weighted by Gasteiger charge is -2.16. The van der Waals surface area contributed by atoms with Crippen molar-refractivity contribution in [1.82, 2.24) is 9.88 Å². The number of carbonyl (C=O) groups excluding carboxylic acids is 1. The smallest absolute Gasteiger partial charge is 0.251 e. The first-order valence-electron chi connectivity index (χ1n) is 7.36. The van der Waals surface area contributed by atoms with Crippen LogP contribution in [0, 0.1) is 17.8 Å². The molecule has 2 saturated carbocycles. The van der Waals surface area contributed by atoms with Gasteiger partial charge in [-0.25, -0.2) is 0 Å². The number of amides is 1. The number of pyridine rings is 1. The number of aromatic nitrogens is 1. The van der Waals surface area contributed by atoms with Gasteiger partial charge in [-0.3, -0.25) is 9.59 Å². The van der Waals surface area contributed by atoms with Crippen LogP contribution in [0.1, 0.15) is 25.7 Å². The summed E-state index contributed by atoms with van der Waals surface area (Å²) in [5.74, 6) is 2.18. The molecular formula is C15H21N3O2. The van der Waals surface area contributed by atoms with Gasteiger partial charge in [0, 0.05) is 24.5 Å². The van der Waals surface area contributed by atoms with Crippen molar-refractivity contribution in [3.05, 3.63) is 28.7 Å². The summed E-state index contributed by atoms with van der Waals surface area (Å²) >= 11 is 0. The highest BCUT2D eigenvalue weighted by Gasteiger charge is 2.41. The lowest BCUT2D eigenvalue weighted by molar-refractivity contribution is -0.121.